The van der Waals surface area contributed by atoms with Crippen molar-refractivity contribution >= 4 is 11.3 Å². The second-order valence-corrected chi connectivity index (χ2v) is 5.90. The monoisotopic (exact) mass is 291 g/mol. The van der Waals surface area contributed by atoms with E-state index in [9.17, 15) is 0 Å². The van der Waals surface area contributed by atoms with Gasteiger partial charge in [-0.3, -0.25) is 0 Å². The average molecular weight is 291 g/mol. The molecular formula is C15H21N3OS. The molecule has 5 heteroatoms. The Kier molecular flexibility index (Phi) is 5.09. The molecule has 0 aliphatic heterocycles. The maximum Gasteiger partial charge on any atom is 0.147 e. The fraction of sp³-hybridized carbons (Fsp3) is 0.467. The number of hydrogen-bond acceptors (Lipinski definition) is 5. The van der Waals surface area contributed by atoms with Gasteiger partial charge in [0.05, 0.1) is 12.1 Å². The van der Waals surface area contributed by atoms with E-state index in [0.29, 0.717) is 0 Å². The van der Waals surface area contributed by atoms with Crippen molar-refractivity contribution < 1.29 is 4.74 Å². The zero-order valence-corrected chi connectivity index (χ0v) is 13.2. The van der Waals surface area contributed by atoms with Crippen molar-refractivity contribution in [3.63, 3.8) is 0 Å². The van der Waals surface area contributed by atoms with E-state index in [1.807, 2.05) is 45.2 Å². The lowest BCUT2D eigenvalue weighted by molar-refractivity contribution is 0.242. The molecule has 20 heavy (non-hydrogen) atoms. The molecule has 1 N–H and O–H groups in total. The topological polar surface area (TPSA) is 47.0 Å². The zero-order chi connectivity index (χ0) is 14.5. The average Bonchev–Trinajstić information content (AvgIpc) is 2.89. The van der Waals surface area contributed by atoms with Gasteiger partial charge in [-0.15, -0.1) is 10.2 Å². The van der Waals surface area contributed by atoms with Crippen LogP contribution in [0.4, 0.5) is 0 Å². The molecule has 1 heterocycles. The van der Waals surface area contributed by atoms with Gasteiger partial charge in [0.1, 0.15) is 15.8 Å². The van der Waals surface area contributed by atoms with Crippen LogP contribution in [-0.2, 0) is 0 Å². The maximum atomic E-state index is 5.72. The van der Waals surface area contributed by atoms with E-state index in [1.165, 1.54) is 0 Å². The van der Waals surface area contributed by atoms with Crippen LogP contribution in [0.15, 0.2) is 24.3 Å². The Balaban J connectivity index is 2.23. The fourth-order valence-corrected chi connectivity index (χ4v) is 3.00. The normalized spacial score (nSPS) is 12.7. The third-order valence-electron chi connectivity index (χ3n) is 2.95. The van der Waals surface area contributed by atoms with E-state index in [0.717, 1.165) is 27.7 Å². The molecule has 0 saturated carbocycles. The molecule has 0 fully saturated rings. The molecular weight excluding hydrogens is 270 g/mol. The minimum atomic E-state index is 0.170. The van der Waals surface area contributed by atoms with Gasteiger partial charge >= 0.3 is 0 Å². The van der Waals surface area contributed by atoms with Crippen molar-refractivity contribution in [2.45, 2.75) is 39.3 Å². The Morgan fingerprint density at radius 2 is 2.10 bits per heavy atom. The van der Waals surface area contributed by atoms with E-state index < -0.39 is 0 Å². The molecule has 1 atom stereocenters. The molecule has 2 rings (SSSR count). The third kappa shape index (κ3) is 3.55. The van der Waals surface area contributed by atoms with Gasteiger partial charge in [-0.05, 0) is 39.4 Å². The van der Waals surface area contributed by atoms with E-state index >= 15 is 0 Å². The van der Waals surface area contributed by atoms with Crippen molar-refractivity contribution in [2.75, 3.05) is 7.05 Å². The Labute approximate surface area is 124 Å². The molecule has 0 saturated heterocycles. The minimum absolute atomic E-state index is 0.170. The van der Waals surface area contributed by atoms with E-state index in [1.54, 1.807) is 11.3 Å². The summed E-state index contributed by atoms with van der Waals surface area (Å²) in [4.78, 5) is 0. The van der Waals surface area contributed by atoms with Gasteiger partial charge in [0.25, 0.3) is 0 Å². The number of nitrogens with one attached hydrogen (secondary N) is 1. The summed E-state index contributed by atoms with van der Waals surface area (Å²) in [5.41, 5.74) is 1.05. The predicted octanol–water partition coefficient (Wildman–Crippen LogP) is 3.66. The van der Waals surface area contributed by atoms with Crippen LogP contribution < -0.4 is 10.1 Å². The number of aromatic nitrogens is 2. The van der Waals surface area contributed by atoms with Crippen molar-refractivity contribution in [1.29, 1.82) is 0 Å². The first-order chi connectivity index (χ1) is 9.63. The summed E-state index contributed by atoms with van der Waals surface area (Å²) < 4.78 is 5.72. The van der Waals surface area contributed by atoms with Crippen LogP contribution in [0.3, 0.4) is 0 Å². The Morgan fingerprint density at radius 3 is 2.75 bits per heavy atom. The van der Waals surface area contributed by atoms with Crippen molar-refractivity contribution in [1.82, 2.24) is 15.5 Å². The molecule has 1 aromatic carbocycles. The molecule has 0 bridgehead atoms. The van der Waals surface area contributed by atoms with Gasteiger partial charge in [-0.1, -0.05) is 30.4 Å². The molecule has 0 aliphatic carbocycles. The summed E-state index contributed by atoms with van der Waals surface area (Å²) in [6, 6.07) is 8.29. The first kappa shape index (κ1) is 14.9. The highest BCUT2D eigenvalue weighted by Crippen LogP contribution is 2.30. The van der Waals surface area contributed by atoms with Gasteiger partial charge in [-0.2, -0.15) is 0 Å². The molecule has 1 aromatic heterocycles. The van der Waals surface area contributed by atoms with E-state index in [2.05, 4.69) is 22.4 Å². The summed E-state index contributed by atoms with van der Waals surface area (Å²) in [6.07, 6.45) is 1.17. The van der Waals surface area contributed by atoms with Crippen molar-refractivity contribution in [3.8, 4) is 16.3 Å². The number of benzene rings is 1. The molecule has 108 valence electrons. The van der Waals surface area contributed by atoms with E-state index in [4.69, 9.17) is 4.74 Å². The van der Waals surface area contributed by atoms with Crippen LogP contribution in [0.2, 0.25) is 0 Å². The molecule has 0 aliphatic rings. The summed E-state index contributed by atoms with van der Waals surface area (Å²) in [5.74, 6) is 0.870. The number of hydrogen-bond donors (Lipinski definition) is 1. The summed E-state index contributed by atoms with van der Waals surface area (Å²) in [7, 11) is 1.95. The SMILES string of the molecule is CCC(NC)c1nnc(-c2cccc(OC(C)C)c2)s1. The lowest BCUT2D eigenvalue weighted by Crippen LogP contribution is -2.14. The Morgan fingerprint density at radius 1 is 1.30 bits per heavy atom. The molecule has 0 amide bonds. The molecule has 4 nitrogen and oxygen atoms in total. The van der Waals surface area contributed by atoms with Crippen LogP contribution in [0.1, 0.15) is 38.2 Å². The van der Waals surface area contributed by atoms with Gasteiger partial charge in [0, 0.05) is 5.56 Å². The largest absolute Gasteiger partial charge is 0.491 e. The first-order valence-electron chi connectivity index (χ1n) is 6.91. The quantitative estimate of drug-likeness (QED) is 0.882. The molecule has 0 radical (unpaired) electrons. The highest BCUT2D eigenvalue weighted by atomic mass is 32.1. The number of rotatable bonds is 6. The highest BCUT2D eigenvalue weighted by molar-refractivity contribution is 7.14. The minimum Gasteiger partial charge on any atom is -0.491 e. The lowest BCUT2D eigenvalue weighted by atomic mass is 10.2. The second kappa shape index (κ2) is 6.81. The van der Waals surface area contributed by atoms with Crippen molar-refractivity contribution in [3.05, 3.63) is 29.3 Å². The maximum absolute atomic E-state index is 5.72. The second-order valence-electron chi connectivity index (χ2n) is 4.89. The third-order valence-corrected chi connectivity index (χ3v) is 4.03. The molecule has 0 spiro atoms. The molecule has 2 aromatic rings. The first-order valence-corrected chi connectivity index (χ1v) is 7.73. The van der Waals surface area contributed by atoms with Crippen molar-refractivity contribution in [2.24, 2.45) is 0 Å². The fourth-order valence-electron chi connectivity index (χ4n) is 1.97. The van der Waals surface area contributed by atoms with Gasteiger partial charge in [0.15, 0.2) is 0 Å². The summed E-state index contributed by atoms with van der Waals surface area (Å²) in [5, 5.41) is 13.8. The lowest BCUT2D eigenvalue weighted by Gasteiger charge is -2.10. The van der Waals surface area contributed by atoms with Crippen LogP contribution in [0.5, 0.6) is 5.75 Å². The summed E-state index contributed by atoms with van der Waals surface area (Å²) in [6.45, 7) is 6.18. The van der Waals surface area contributed by atoms with Crippen LogP contribution in [-0.4, -0.2) is 23.3 Å². The number of ether oxygens (including phenoxy) is 1. The number of nitrogens with zero attached hydrogens (tertiary/aromatic N) is 2. The standard InChI is InChI=1S/C15H21N3OS/c1-5-13(16-4)15-18-17-14(20-15)11-7-6-8-12(9-11)19-10(2)3/h6-10,13,16H,5H2,1-4H3. The zero-order valence-electron chi connectivity index (χ0n) is 12.4. The smallest absolute Gasteiger partial charge is 0.147 e. The highest BCUT2D eigenvalue weighted by Gasteiger charge is 2.14. The van der Waals surface area contributed by atoms with Crippen LogP contribution in [0, 0.1) is 0 Å². The molecule has 1 unspecified atom stereocenters. The van der Waals surface area contributed by atoms with Gasteiger partial charge in [0.2, 0.25) is 0 Å². The summed E-state index contributed by atoms with van der Waals surface area (Å²) >= 11 is 1.63. The van der Waals surface area contributed by atoms with Crippen LogP contribution >= 0.6 is 11.3 Å². The Bertz CT molecular complexity index is 550. The predicted molar refractivity (Wildman–Crippen MR) is 83.2 cm³/mol. The van der Waals surface area contributed by atoms with Gasteiger partial charge < -0.3 is 10.1 Å². The van der Waals surface area contributed by atoms with Gasteiger partial charge in [-0.25, -0.2) is 0 Å². The van der Waals surface area contributed by atoms with Crippen LogP contribution in [0.25, 0.3) is 10.6 Å². The van der Waals surface area contributed by atoms with E-state index in [-0.39, 0.29) is 12.1 Å². The Hall–Kier alpha value is -1.46.